The maximum atomic E-state index is 12.5. The summed E-state index contributed by atoms with van der Waals surface area (Å²) in [6.45, 7) is 2.81. The van der Waals surface area contributed by atoms with Crippen molar-refractivity contribution in [3.05, 3.63) is 60.0 Å². The Balaban J connectivity index is 1.47. The maximum absolute atomic E-state index is 12.5. The van der Waals surface area contributed by atoms with Gasteiger partial charge >= 0.3 is 0 Å². The number of thiophene rings is 1. The number of aromatic nitrogens is 3. The fourth-order valence-corrected chi connectivity index (χ4v) is 4.44. The van der Waals surface area contributed by atoms with E-state index in [1.165, 1.54) is 11.8 Å². The Hall–Kier alpha value is -2.64. The number of anilines is 1. The van der Waals surface area contributed by atoms with Crippen LogP contribution in [0.15, 0.2) is 65.1 Å². The normalized spacial score (nSPS) is 11.0. The zero-order valence-electron chi connectivity index (χ0n) is 14.8. The summed E-state index contributed by atoms with van der Waals surface area (Å²) in [5, 5.41) is 16.5. The van der Waals surface area contributed by atoms with E-state index in [4.69, 9.17) is 0 Å². The molecule has 1 amide bonds. The summed E-state index contributed by atoms with van der Waals surface area (Å²) in [5.41, 5.74) is 0.829. The first kappa shape index (κ1) is 17.8. The van der Waals surface area contributed by atoms with Crippen molar-refractivity contribution in [2.75, 3.05) is 11.1 Å². The van der Waals surface area contributed by atoms with Crippen molar-refractivity contribution in [3.8, 4) is 10.7 Å². The topological polar surface area (TPSA) is 59.8 Å². The average molecular weight is 395 g/mol. The molecule has 136 valence electrons. The second-order valence-electron chi connectivity index (χ2n) is 5.89. The molecule has 0 radical (unpaired) electrons. The predicted octanol–water partition coefficient (Wildman–Crippen LogP) is 4.91. The van der Waals surface area contributed by atoms with E-state index in [1.807, 2.05) is 64.5 Å². The Bertz CT molecular complexity index is 1070. The SMILES string of the molecule is CCn1c(SCC(=O)Nc2cccc3ccccc23)nnc1-c1cccs1. The van der Waals surface area contributed by atoms with Gasteiger partial charge in [-0.25, -0.2) is 0 Å². The van der Waals surface area contributed by atoms with Crippen LogP contribution < -0.4 is 5.32 Å². The number of benzene rings is 2. The summed E-state index contributed by atoms with van der Waals surface area (Å²) < 4.78 is 2.04. The molecule has 0 aliphatic carbocycles. The predicted molar refractivity (Wildman–Crippen MR) is 112 cm³/mol. The number of carbonyl (C=O) groups excluding carboxylic acids is 1. The molecule has 0 fully saturated rings. The quantitative estimate of drug-likeness (QED) is 0.472. The Kier molecular flexibility index (Phi) is 5.22. The van der Waals surface area contributed by atoms with Gasteiger partial charge in [0.15, 0.2) is 11.0 Å². The van der Waals surface area contributed by atoms with Crippen LogP contribution in [0.25, 0.3) is 21.5 Å². The lowest BCUT2D eigenvalue weighted by Gasteiger charge is -2.09. The van der Waals surface area contributed by atoms with Crippen molar-refractivity contribution in [2.45, 2.75) is 18.6 Å². The van der Waals surface area contributed by atoms with Crippen LogP contribution in [-0.4, -0.2) is 26.4 Å². The summed E-state index contributed by atoms with van der Waals surface area (Å²) >= 11 is 3.04. The molecule has 4 aromatic rings. The third-order valence-corrected chi connectivity index (χ3v) is 6.00. The van der Waals surface area contributed by atoms with Crippen LogP contribution in [0.5, 0.6) is 0 Å². The van der Waals surface area contributed by atoms with Gasteiger partial charge in [0.05, 0.1) is 10.6 Å². The van der Waals surface area contributed by atoms with E-state index in [0.29, 0.717) is 0 Å². The number of hydrogen-bond acceptors (Lipinski definition) is 5. The van der Waals surface area contributed by atoms with Crippen molar-refractivity contribution in [3.63, 3.8) is 0 Å². The monoisotopic (exact) mass is 394 g/mol. The van der Waals surface area contributed by atoms with Gasteiger partial charge in [0.2, 0.25) is 5.91 Å². The summed E-state index contributed by atoms with van der Waals surface area (Å²) in [6.07, 6.45) is 0. The van der Waals surface area contributed by atoms with Crippen LogP contribution >= 0.6 is 23.1 Å². The number of amides is 1. The Morgan fingerprint density at radius 3 is 2.78 bits per heavy atom. The third-order valence-electron chi connectivity index (χ3n) is 4.17. The molecule has 2 heterocycles. The Morgan fingerprint density at radius 1 is 1.11 bits per heavy atom. The van der Waals surface area contributed by atoms with Crippen molar-refractivity contribution in [1.29, 1.82) is 0 Å². The van der Waals surface area contributed by atoms with Gasteiger partial charge in [-0.3, -0.25) is 4.79 Å². The highest BCUT2D eigenvalue weighted by Crippen LogP contribution is 2.28. The molecule has 2 aromatic carbocycles. The van der Waals surface area contributed by atoms with Crippen molar-refractivity contribution in [1.82, 2.24) is 14.8 Å². The lowest BCUT2D eigenvalue weighted by atomic mass is 10.1. The van der Waals surface area contributed by atoms with Gasteiger partial charge in [0.25, 0.3) is 0 Å². The number of fused-ring (bicyclic) bond motifs is 1. The van der Waals surface area contributed by atoms with Crippen LogP contribution in [0.2, 0.25) is 0 Å². The van der Waals surface area contributed by atoms with Crippen LogP contribution in [0.4, 0.5) is 5.69 Å². The summed E-state index contributed by atoms with van der Waals surface area (Å²) in [6, 6.07) is 18.0. The molecule has 0 aliphatic heterocycles. The molecular weight excluding hydrogens is 376 g/mol. The van der Waals surface area contributed by atoms with Gasteiger partial charge in [-0.05, 0) is 29.8 Å². The van der Waals surface area contributed by atoms with Crippen LogP contribution in [-0.2, 0) is 11.3 Å². The molecule has 2 aromatic heterocycles. The number of carbonyl (C=O) groups is 1. The molecule has 5 nitrogen and oxygen atoms in total. The molecule has 0 saturated heterocycles. The summed E-state index contributed by atoms with van der Waals surface area (Å²) in [5.74, 6) is 1.08. The van der Waals surface area contributed by atoms with Gasteiger partial charge in [0.1, 0.15) is 0 Å². The lowest BCUT2D eigenvalue weighted by molar-refractivity contribution is -0.113. The highest BCUT2D eigenvalue weighted by Gasteiger charge is 2.15. The number of nitrogens with one attached hydrogen (secondary N) is 1. The van der Waals surface area contributed by atoms with E-state index in [0.717, 1.165) is 38.9 Å². The Labute approximate surface area is 165 Å². The fraction of sp³-hybridized carbons (Fsp3) is 0.150. The number of nitrogens with zero attached hydrogens (tertiary/aromatic N) is 3. The highest BCUT2D eigenvalue weighted by atomic mass is 32.2. The third kappa shape index (κ3) is 3.74. The summed E-state index contributed by atoms with van der Waals surface area (Å²) in [7, 11) is 0. The first-order valence-electron chi connectivity index (χ1n) is 8.63. The second kappa shape index (κ2) is 7.94. The second-order valence-corrected chi connectivity index (χ2v) is 7.78. The molecule has 0 unspecified atom stereocenters. The minimum absolute atomic E-state index is 0.0559. The Morgan fingerprint density at radius 2 is 1.96 bits per heavy atom. The zero-order valence-corrected chi connectivity index (χ0v) is 16.4. The molecule has 0 bridgehead atoms. The molecule has 7 heteroatoms. The minimum atomic E-state index is -0.0559. The van der Waals surface area contributed by atoms with E-state index in [9.17, 15) is 4.79 Å². The van der Waals surface area contributed by atoms with Crippen LogP contribution in [0, 0.1) is 0 Å². The molecule has 4 rings (SSSR count). The van der Waals surface area contributed by atoms with Crippen molar-refractivity contribution in [2.24, 2.45) is 0 Å². The van der Waals surface area contributed by atoms with Crippen LogP contribution in [0.1, 0.15) is 6.92 Å². The summed E-state index contributed by atoms with van der Waals surface area (Å²) in [4.78, 5) is 13.6. The fourth-order valence-electron chi connectivity index (χ4n) is 2.92. The van der Waals surface area contributed by atoms with Crippen molar-refractivity contribution < 1.29 is 4.79 Å². The molecule has 0 aliphatic rings. The zero-order chi connectivity index (χ0) is 18.6. The average Bonchev–Trinajstić information content (AvgIpc) is 3.36. The first-order valence-corrected chi connectivity index (χ1v) is 10.5. The van der Waals surface area contributed by atoms with Crippen molar-refractivity contribution >= 4 is 45.5 Å². The minimum Gasteiger partial charge on any atom is -0.325 e. The number of thioether (sulfide) groups is 1. The van der Waals surface area contributed by atoms with E-state index in [-0.39, 0.29) is 11.7 Å². The molecule has 0 saturated carbocycles. The van der Waals surface area contributed by atoms with E-state index < -0.39 is 0 Å². The number of hydrogen-bond donors (Lipinski definition) is 1. The van der Waals surface area contributed by atoms with Gasteiger partial charge < -0.3 is 9.88 Å². The lowest BCUT2D eigenvalue weighted by Crippen LogP contribution is -2.14. The van der Waals surface area contributed by atoms with Gasteiger partial charge in [0, 0.05) is 17.6 Å². The van der Waals surface area contributed by atoms with Gasteiger partial charge in [-0.15, -0.1) is 21.5 Å². The molecule has 27 heavy (non-hydrogen) atoms. The largest absolute Gasteiger partial charge is 0.325 e. The first-order chi connectivity index (χ1) is 13.3. The number of rotatable bonds is 6. The molecule has 0 spiro atoms. The smallest absolute Gasteiger partial charge is 0.234 e. The van der Waals surface area contributed by atoms with E-state index in [2.05, 4.69) is 22.4 Å². The highest BCUT2D eigenvalue weighted by molar-refractivity contribution is 7.99. The van der Waals surface area contributed by atoms with E-state index >= 15 is 0 Å². The maximum Gasteiger partial charge on any atom is 0.234 e. The molecule has 0 atom stereocenters. The molecular formula is C20H18N4OS2. The van der Waals surface area contributed by atoms with E-state index in [1.54, 1.807) is 11.3 Å². The van der Waals surface area contributed by atoms with Crippen LogP contribution in [0.3, 0.4) is 0 Å². The molecule has 1 N–H and O–H groups in total. The van der Waals surface area contributed by atoms with Gasteiger partial charge in [-0.2, -0.15) is 0 Å². The van der Waals surface area contributed by atoms with Gasteiger partial charge in [-0.1, -0.05) is 54.2 Å². The standard InChI is InChI=1S/C20H18N4OS2/c1-2-24-19(17-11-6-12-26-17)22-23-20(24)27-13-18(25)21-16-10-5-8-14-7-3-4-9-15(14)16/h3-12H,2,13H2,1H3,(H,21,25).